The van der Waals surface area contributed by atoms with Gasteiger partial charge >= 0.3 is 0 Å². The lowest BCUT2D eigenvalue weighted by atomic mass is 10.2. The molecule has 1 heterocycles. The number of nitrogens with zero attached hydrogens (tertiary/aromatic N) is 2. The molecule has 1 aromatic heterocycles. The SMILES string of the molecule is COc1ccc(C(=O)Nc2ccc(NCc3ccc(Cl)cc3)nn2)cc1OC. The Morgan fingerprint density at radius 2 is 1.61 bits per heavy atom. The number of rotatable bonds is 7. The van der Waals surface area contributed by atoms with Gasteiger partial charge in [0, 0.05) is 17.1 Å². The van der Waals surface area contributed by atoms with Crippen molar-refractivity contribution in [1.29, 1.82) is 0 Å². The van der Waals surface area contributed by atoms with Crippen LogP contribution in [0.1, 0.15) is 15.9 Å². The average molecular weight is 399 g/mol. The molecule has 144 valence electrons. The lowest BCUT2D eigenvalue weighted by molar-refractivity contribution is 0.102. The molecule has 0 saturated heterocycles. The van der Waals surface area contributed by atoms with Crippen molar-refractivity contribution in [2.75, 3.05) is 24.9 Å². The van der Waals surface area contributed by atoms with Gasteiger partial charge in [-0.05, 0) is 48.0 Å². The highest BCUT2D eigenvalue weighted by molar-refractivity contribution is 6.30. The first-order valence-corrected chi connectivity index (χ1v) is 8.82. The van der Waals surface area contributed by atoms with Crippen LogP contribution in [-0.4, -0.2) is 30.3 Å². The minimum absolute atomic E-state index is 0.322. The summed E-state index contributed by atoms with van der Waals surface area (Å²) in [4.78, 5) is 12.4. The molecular weight excluding hydrogens is 380 g/mol. The predicted molar refractivity (Wildman–Crippen MR) is 108 cm³/mol. The van der Waals surface area contributed by atoms with Gasteiger partial charge in [0.1, 0.15) is 5.82 Å². The first kappa shape index (κ1) is 19.4. The number of carbonyl (C=O) groups is 1. The third-order valence-electron chi connectivity index (χ3n) is 3.94. The summed E-state index contributed by atoms with van der Waals surface area (Å²) in [6, 6.07) is 15.9. The second-order valence-corrected chi connectivity index (χ2v) is 6.24. The maximum Gasteiger partial charge on any atom is 0.257 e. The van der Waals surface area contributed by atoms with Crippen molar-refractivity contribution in [2.24, 2.45) is 0 Å². The van der Waals surface area contributed by atoms with Crippen molar-refractivity contribution in [1.82, 2.24) is 10.2 Å². The Hall–Kier alpha value is -3.32. The second kappa shape index (κ2) is 9.05. The predicted octanol–water partition coefficient (Wildman–Crippen LogP) is 4.01. The lowest BCUT2D eigenvalue weighted by Crippen LogP contribution is -2.14. The lowest BCUT2D eigenvalue weighted by Gasteiger charge is -2.10. The summed E-state index contributed by atoms with van der Waals surface area (Å²) in [6.07, 6.45) is 0. The van der Waals surface area contributed by atoms with Crippen LogP contribution in [0.25, 0.3) is 0 Å². The van der Waals surface area contributed by atoms with Crippen LogP contribution >= 0.6 is 11.6 Å². The van der Waals surface area contributed by atoms with Gasteiger partial charge in [0.25, 0.3) is 5.91 Å². The zero-order valence-electron chi connectivity index (χ0n) is 15.4. The molecule has 3 rings (SSSR count). The molecule has 2 aromatic carbocycles. The molecule has 28 heavy (non-hydrogen) atoms. The highest BCUT2D eigenvalue weighted by Gasteiger charge is 2.11. The first-order chi connectivity index (χ1) is 13.6. The number of halogens is 1. The number of hydrogen-bond donors (Lipinski definition) is 2. The number of amides is 1. The van der Waals surface area contributed by atoms with Gasteiger partial charge in [0.05, 0.1) is 14.2 Å². The van der Waals surface area contributed by atoms with Gasteiger partial charge in [-0.1, -0.05) is 23.7 Å². The van der Waals surface area contributed by atoms with Crippen LogP contribution in [0.2, 0.25) is 5.02 Å². The van der Waals surface area contributed by atoms with Gasteiger partial charge in [0.2, 0.25) is 0 Å². The minimum Gasteiger partial charge on any atom is -0.493 e. The summed E-state index contributed by atoms with van der Waals surface area (Å²) < 4.78 is 10.4. The van der Waals surface area contributed by atoms with Crippen molar-refractivity contribution in [3.05, 3.63) is 70.7 Å². The van der Waals surface area contributed by atoms with Crippen molar-refractivity contribution < 1.29 is 14.3 Å². The summed E-state index contributed by atoms with van der Waals surface area (Å²) in [6.45, 7) is 0.587. The van der Waals surface area contributed by atoms with E-state index in [-0.39, 0.29) is 5.91 Å². The Morgan fingerprint density at radius 3 is 2.25 bits per heavy atom. The number of benzene rings is 2. The number of ether oxygens (including phenoxy) is 2. The summed E-state index contributed by atoms with van der Waals surface area (Å²) >= 11 is 5.87. The van der Waals surface area contributed by atoms with E-state index in [1.807, 2.05) is 24.3 Å². The molecule has 1 amide bonds. The van der Waals surface area contributed by atoms with E-state index in [0.29, 0.717) is 40.3 Å². The Balaban J connectivity index is 1.60. The molecule has 0 aliphatic carbocycles. The van der Waals surface area contributed by atoms with Gasteiger partial charge in [-0.25, -0.2) is 0 Å². The third kappa shape index (κ3) is 4.89. The molecular formula is C20H19ClN4O3. The number of aromatic nitrogens is 2. The number of hydrogen-bond acceptors (Lipinski definition) is 6. The standard InChI is InChI=1S/C20H19ClN4O3/c1-27-16-8-5-14(11-17(16)28-2)20(26)23-19-10-9-18(24-25-19)22-12-13-3-6-15(21)7-4-13/h3-11H,12H2,1-2H3,(H,22,24)(H,23,25,26). The Bertz CT molecular complexity index is 947. The summed E-state index contributed by atoms with van der Waals surface area (Å²) in [7, 11) is 3.05. The zero-order valence-corrected chi connectivity index (χ0v) is 16.2. The largest absolute Gasteiger partial charge is 0.493 e. The van der Waals surface area contributed by atoms with Crippen LogP contribution in [0.15, 0.2) is 54.6 Å². The molecule has 0 saturated carbocycles. The summed E-state index contributed by atoms with van der Waals surface area (Å²) in [5.41, 5.74) is 1.49. The van der Waals surface area contributed by atoms with Crippen LogP contribution in [0.4, 0.5) is 11.6 Å². The van der Waals surface area contributed by atoms with E-state index in [4.69, 9.17) is 21.1 Å². The number of carbonyl (C=O) groups excluding carboxylic acids is 1. The number of nitrogens with one attached hydrogen (secondary N) is 2. The van der Waals surface area contributed by atoms with Crippen LogP contribution in [0.5, 0.6) is 11.5 Å². The number of methoxy groups -OCH3 is 2. The molecule has 0 unspecified atom stereocenters. The molecule has 0 aliphatic heterocycles. The van der Waals surface area contributed by atoms with E-state index in [0.717, 1.165) is 5.56 Å². The smallest absolute Gasteiger partial charge is 0.257 e. The Morgan fingerprint density at radius 1 is 0.929 bits per heavy atom. The monoisotopic (exact) mass is 398 g/mol. The minimum atomic E-state index is -0.322. The highest BCUT2D eigenvalue weighted by Crippen LogP contribution is 2.27. The molecule has 0 bridgehead atoms. The quantitative estimate of drug-likeness (QED) is 0.625. The fourth-order valence-electron chi connectivity index (χ4n) is 2.45. The van der Waals surface area contributed by atoms with E-state index in [9.17, 15) is 4.79 Å². The summed E-state index contributed by atoms with van der Waals surface area (Å²) in [5, 5.41) is 14.7. The zero-order chi connectivity index (χ0) is 19.9. The van der Waals surface area contributed by atoms with E-state index in [2.05, 4.69) is 20.8 Å². The normalized spacial score (nSPS) is 10.2. The second-order valence-electron chi connectivity index (χ2n) is 5.81. The van der Waals surface area contributed by atoms with Gasteiger partial charge in [0.15, 0.2) is 17.3 Å². The fourth-order valence-corrected chi connectivity index (χ4v) is 2.58. The molecule has 0 radical (unpaired) electrons. The molecule has 7 nitrogen and oxygen atoms in total. The van der Waals surface area contributed by atoms with Gasteiger partial charge in [-0.2, -0.15) is 0 Å². The Labute approximate surface area is 167 Å². The summed E-state index contributed by atoms with van der Waals surface area (Å²) in [5.74, 6) is 1.64. The van der Waals surface area contributed by atoms with Crippen LogP contribution in [0.3, 0.4) is 0 Å². The van der Waals surface area contributed by atoms with Crippen LogP contribution < -0.4 is 20.1 Å². The number of anilines is 2. The van der Waals surface area contributed by atoms with Gasteiger partial charge in [-0.3, -0.25) is 4.79 Å². The van der Waals surface area contributed by atoms with Crippen LogP contribution in [-0.2, 0) is 6.54 Å². The maximum absolute atomic E-state index is 12.4. The molecule has 0 spiro atoms. The van der Waals surface area contributed by atoms with Crippen molar-refractivity contribution in [2.45, 2.75) is 6.54 Å². The van der Waals surface area contributed by atoms with Crippen molar-refractivity contribution >= 4 is 29.1 Å². The van der Waals surface area contributed by atoms with E-state index >= 15 is 0 Å². The van der Waals surface area contributed by atoms with E-state index in [1.54, 1.807) is 30.3 Å². The highest BCUT2D eigenvalue weighted by atomic mass is 35.5. The molecule has 2 N–H and O–H groups in total. The van der Waals surface area contributed by atoms with E-state index in [1.165, 1.54) is 14.2 Å². The van der Waals surface area contributed by atoms with E-state index < -0.39 is 0 Å². The van der Waals surface area contributed by atoms with Crippen molar-refractivity contribution in [3.8, 4) is 11.5 Å². The average Bonchev–Trinajstić information content (AvgIpc) is 2.73. The van der Waals surface area contributed by atoms with Crippen molar-refractivity contribution in [3.63, 3.8) is 0 Å². The molecule has 0 aliphatic rings. The first-order valence-electron chi connectivity index (χ1n) is 8.44. The molecule has 8 heteroatoms. The van der Waals surface area contributed by atoms with Gasteiger partial charge < -0.3 is 20.1 Å². The molecule has 0 atom stereocenters. The molecule has 0 fully saturated rings. The van der Waals surface area contributed by atoms with Gasteiger partial charge in [-0.15, -0.1) is 10.2 Å². The maximum atomic E-state index is 12.4. The topological polar surface area (TPSA) is 85.4 Å². The molecule has 3 aromatic rings. The fraction of sp³-hybridized carbons (Fsp3) is 0.150. The Kier molecular flexibility index (Phi) is 6.29. The third-order valence-corrected chi connectivity index (χ3v) is 4.19. The van der Waals surface area contributed by atoms with Crippen LogP contribution in [0, 0.1) is 0 Å².